The van der Waals surface area contributed by atoms with E-state index in [1.807, 2.05) is 130 Å². The second-order valence-electron chi connectivity index (χ2n) is 12.4. The zero-order valence-corrected chi connectivity index (χ0v) is 32.5. The normalized spacial score (nSPS) is 26.3. The molecule has 5 aromatic rings. The van der Waals surface area contributed by atoms with Crippen molar-refractivity contribution < 1.29 is 37.6 Å². The van der Waals surface area contributed by atoms with E-state index in [2.05, 4.69) is 27.2 Å². The van der Waals surface area contributed by atoms with Gasteiger partial charge >= 0.3 is 29.4 Å². The Morgan fingerprint density at radius 3 is 1.93 bits per heavy atom. The van der Waals surface area contributed by atoms with Crippen molar-refractivity contribution in [2.24, 2.45) is 0 Å². The molecular weight excluding hydrogens is 743 g/mol. The number of hydrogen-bond acceptors (Lipinski definition) is 11. The van der Waals surface area contributed by atoms with Gasteiger partial charge in [-0.3, -0.25) is 18.1 Å². The summed E-state index contributed by atoms with van der Waals surface area (Å²) in [4.78, 5) is 3.66. The van der Waals surface area contributed by atoms with Crippen LogP contribution in [-0.4, -0.2) is 27.6 Å². The summed E-state index contributed by atoms with van der Waals surface area (Å²) >= 11 is 0. The Hall–Kier alpha value is -5.03. The van der Waals surface area contributed by atoms with E-state index in [0.29, 0.717) is 28.8 Å². The lowest BCUT2D eigenvalue weighted by Crippen LogP contribution is -2.46. The number of rotatable bonds is 13. The molecular formula is C40H41N3O8P3+3. The van der Waals surface area contributed by atoms with E-state index in [9.17, 15) is 10.2 Å². The molecule has 0 saturated carbocycles. The van der Waals surface area contributed by atoms with Gasteiger partial charge in [0.25, 0.3) is 5.78 Å². The molecule has 7 rings (SSSR count). The lowest BCUT2D eigenvalue weighted by Gasteiger charge is -2.33. The van der Waals surface area contributed by atoms with Crippen LogP contribution in [0.25, 0.3) is 0 Å². The first-order chi connectivity index (χ1) is 26.2. The molecule has 11 nitrogen and oxygen atoms in total. The molecule has 276 valence electrons. The van der Waals surface area contributed by atoms with Gasteiger partial charge in [0.15, 0.2) is 28.8 Å². The molecule has 2 fully saturated rings. The van der Waals surface area contributed by atoms with Gasteiger partial charge in [0.05, 0.1) is 4.86 Å². The van der Waals surface area contributed by atoms with Gasteiger partial charge in [-0.25, -0.2) is 0 Å². The number of phenolic OH excluding ortho intramolecular Hbond substituents is 2. The maximum atomic E-state index is 10.6. The Balaban J connectivity index is 1.45. The van der Waals surface area contributed by atoms with Crippen molar-refractivity contribution in [2.45, 2.75) is 38.2 Å². The number of aromatic hydroxyl groups is 2. The van der Waals surface area contributed by atoms with Gasteiger partial charge in [0, 0.05) is 24.3 Å². The zero-order chi connectivity index (χ0) is 37.6. The highest BCUT2D eigenvalue weighted by atomic mass is 31.3. The zero-order valence-electron chi connectivity index (χ0n) is 29.8. The number of nitrogens with one attached hydrogen (secondary N) is 3. The van der Waals surface area contributed by atoms with Crippen LogP contribution in [0.2, 0.25) is 0 Å². The summed E-state index contributed by atoms with van der Waals surface area (Å²) in [7, 11) is -10.2. The highest BCUT2D eigenvalue weighted by Gasteiger charge is 2.91. The SMILES string of the molecule is C/C=C\C=C(/C)O[P+]1(Oc2cc#ccc2)NC2C(Oc3ccccc3)[P+]2(Oc2ccccc2)NC(C)[P+](Oc2ccccc2)(Oc2cc(O)cc(O)c2)N1. The minimum Gasteiger partial charge on any atom is -0.508 e. The molecule has 0 aromatic heterocycles. The summed E-state index contributed by atoms with van der Waals surface area (Å²) in [6, 6.07) is 43.4. The quantitative estimate of drug-likeness (QED) is 0.0444. The van der Waals surface area contributed by atoms with Crippen molar-refractivity contribution in [3.05, 3.63) is 164 Å². The smallest absolute Gasteiger partial charge is 0.508 e. The predicted molar refractivity (Wildman–Crippen MR) is 213 cm³/mol. The second kappa shape index (κ2) is 16.1. The third-order valence-corrected chi connectivity index (χ3v) is 17.9. The summed E-state index contributed by atoms with van der Waals surface area (Å²) in [6.45, 7) is 5.68. The Kier molecular flexibility index (Phi) is 11.1. The Morgan fingerprint density at radius 2 is 1.31 bits per heavy atom. The van der Waals surface area contributed by atoms with Crippen molar-refractivity contribution >= 4 is 23.5 Å². The molecule has 14 heteroatoms. The van der Waals surface area contributed by atoms with Crippen LogP contribution in [0.15, 0.2) is 151 Å². The number of benzene rings is 4. The maximum absolute atomic E-state index is 10.6. The fraction of sp³-hybridized carbons (Fsp3) is 0.150. The molecule has 0 bridgehead atoms. The Morgan fingerprint density at radius 1 is 0.704 bits per heavy atom. The Bertz CT molecular complexity index is 2050. The van der Waals surface area contributed by atoms with Crippen LogP contribution in [0.3, 0.4) is 0 Å². The van der Waals surface area contributed by atoms with Crippen LogP contribution in [0.5, 0.6) is 40.2 Å². The summed E-state index contributed by atoms with van der Waals surface area (Å²) < 4.78 is 41.6. The summed E-state index contributed by atoms with van der Waals surface area (Å²) in [5.74, 6) is 0.810. The fourth-order valence-corrected chi connectivity index (χ4v) is 16.9. The minimum absolute atomic E-state index is 0.140. The molecule has 2 aliphatic heterocycles. The van der Waals surface area contributed by atoms with Gasteiger partial charge in [-0.05, 0) is 75.4 Å². The average molecular weight is 785 g/mol. The van der Waals surface area contributed by atoms with E-state index in [1.165, 1.54) is 18.2 Å². The number of allylic oxidation sites excluding steroid dienone is 4. The molecule has 6 unspecified atom stereocenters. The molecule has 2 aliphatic rings. The van der Waals surface area contributed by atoms with Crippen LogP contribution in [0, 0.1) is 12.1 Å². The van der Waals surface area contributed by atoms with Crippen molar-refractivity contribution in [2.75, 3.05) is 0 Å². The lowest BCUT2D eigenvalue weighted by atomic mass is 10.3. The van der Waals surface area contributed by atoms with Gasteiger partial charge in [-0.2, -0.15) is 0 Å². The predicted octanol–water partition coefficient (Wildman–Crippen LogP) is 9.97. The lowest BCUT2D eigenvalue weighted by molar-refractivity contribution is 0.298. The number of hydrogen-bond donors (Lipinski definition) is 5. The highest BCUT2D eigenvalue weighted by Crippen LogP contribution is 2.86. The maximum Gasteiger partial charge on any atom is 0.561 e. The van der Waals surface area contributed by atoms with Crippen LogP contribution in [0.1, 0.15) is 20.8 Å². The van der Waals surface area contributed by atoms with Crippen LogP contribution in [0.4, 0.5) is 0 Å². The van der Waals surface area contributed by atoms with E-state index in [-0.39, 0.29) is 17.2 Å². The molecule has 0 amide bonds. The van der Waals surface area contributed by atoms with E-state index < -0.39 is 40.9 Å². The van der Waals surface area contributed by atoms with Gasteiger partial charge in [-0.15, -0.1) is 5.09 Å². The monoisotopic (exact) mass is 784 g/mol. The second-order valence-corrected chi connectivity index (χ2v) is 20.2. The highest BCUT2D eigenvalue weighted by molar-refractivity contribution is 7.84. The van der Waals surface area contributed by atoms with E-state index in [0.717, 1.165) is 0 Å². The fourth-order valence-electron chi connectivity index (χ4n) is 5.76. The molecule has 0 radical (unpaired) electrons. The van der Waals surface area contributed by atoms with E-state index in [4.69, 9.17) is 27.4 Å². The van der Waals surface area contributed by atoms with Gasteiger partial charge in [0.1, 0.15) is 17.2 Å². The average Bonchev–Trinajstić information content (AvgIpc) is 3.70. The topological polar surface area (TPSA) is 132 Å². The third-order valence-electron chi connectivity index (χ3n) is 8.20. The van der Waals surface area contributed by atoms with E-state index in [1.54, 1.807) is 18.2 Å². The molecule has 54 heavy (non-hydrogen) atoms. The number of para-hydroxylation sites is 3. The first-order valence-electron chi connectivity index (χ1n) is 17.2. The van der Waals surface area contributed by atoms with Crippen LogP contribution >= 0.6 is 23.5 Å². The molecule has 6 atom stereocenters. The summed E-state index contributed by atoms with van der Waals surface area (Å²) in [5, 5.41) is 28.7. The largest absolute Gasteiger partial charge is 0.561 e. The number of fused-ring (bicyclic) bond motifs is 1. The molecule has 2 saturated heterocycles. The molecule has 0 spiro atoms. The van der Waals surface area contributed by atoms with Gasteiger partial charge < -0.3 is 19.5 Å². The molecule has 5 N–H and O–H groups in total. The third kappa shape index (κ3) is 8.51. The van der Waals surface area contributed by atoms with Crippen molar-refractivity contribution in [1.82, 2.24) is 15.0 Å². The standard InChI is InChI=1S/C40H39N3O8P3/c1-4-5-18-30(2)47-54(51-37-25-16-9-17-26-37)42-39-40(46-34-19-10-6-11-20-34)52(39,48-35-21-12-7-13-22-35)41-31(3)53(43-54,49-36-23-14-8-15-24-36)50-38-28-32(44)27-33(45)29-38/h4-8,10-16,18-29,31,39-43H,1-3H3/q+1/p+2/b5-4-,30-18+. The number of phenols is 2. The minimum atomic E-state index is -3.67. The first kappa shape index (κ1) is 37.3. The van der Waals surface area contributed by atoms with Crippen LogP contribution in [-0.2, 0) is 4.52 Å². The molecule has 0 aliphatic carbocycles. The van der Waals surface area contributed by atoms with Crippen molar-refractivity contribution in [3.8, 4) is 40.2 Å². The summed E-state index contributed by atoms with van der Waals surface area (Å²) in [5.41, 5.74) is 0. The first-order valence-corrected chi connectivity index (χ1v) is 22.4. The van der Waals surface area contributed by atoms with Gasteiger partial charge in [0.2, 0.25) is 5.78 Å². The Labute approximate surface area is 317 Å². The number of ether oxygens (including phenoxy) is 1. The van der Waals surface area contributed by atoms with Crippen molar-refractivity contribution in [3.63, 3.8) is 0 Å². The van der Waals surface area contributed by atoms with Crippen LogP contribution < -0.4 is 37.9 Å². The summed E-state index contributed by atoms with van der Waals surface area (Å²) in [6.07, 6.45) is 5.60. The molecule has 5 aromatic carbocycles. The van der Waals surface area contributed by atoms with Gasteiger partial charge in [-0.1, -0.05) is 84.0 Å². The van der Waals surface area contributed by atoms with Crippen molar-refractivity contribution in [1.29, 1.82) is 0 Å². The molecule has 2 heterocycles. The van der Waals surface area contributed by atoms with E-state index >= 15 is 0 Å².